The number of rotatable bonds is 9. The summed E-state index contributed by atoms with van der Waals surface area (Å²) in [5, 5.41) is 16.5. The molecule has 0 aliphatic heterocycles. The molecule has 5 heteroatoms. The molecule has 3 rings (SSSR count). The second-order valence-corrected chi connectivity index (χ2v) is 10.9. The highest BCUT2D eigenvalue weighted by atomic mass is 31.2. The molecular weight excluding hydrogens is 431 g/mol. The number of carbonyl (C=O) groups is 1. The fourth-order valence-corrected chi connectivity index (χ4v) is 8.42. The predicted molar refractivity (Wildman–Crippen MR) is 134 cm³/mol. The molecule has 0 heterocycles. The third-order valence-corrected chi connectivity index (χ3v) is 9.83. The molecule has 0 unspecified atom stereocenters. The van der Waals surface area contributed by atoms with Gasteiger partial charge >= 0.3 is 5.97 Å². The van der Waals surface area contributed by atoms with Crippen LogP contribution >= 0.6 is 7.26 Å². The number of allylic oxidation sites excluding steroid dienone is 1. The Kier molecular flexibility index (Phi) is 8.46. The zero-order valence-electron chi connectivity index (χ0n) is 19.2. The monoisotopic (exact) mass is 460 g/mol. The van der Waals surface area contributed by atoms with Crippen molar-refractivity contribution < 1.29 is 19.4 Å². The summed E-state index contributed by atoms with van der Waals surface area (Å²) in [6.45, 7) is 5.86. The molecule has 0 radical (unpaired) electrons. The maximum absolute atomic E-state index is 13.2. The Morgan fingerprint density at radius 1 is 0.758 bits per heavy atom. The Balaban J connectivity index is 2.48. The lowest BCUT2D eigenvalue weighted by molar-refractivity contribution is -0.356. The summed E-state index contributed by atoms with van der Waals surface area (Å²) in [5.74, 6) is -1.09. The van der Waals surface area contributed by atoms with Gasteiger partial charge in [-0.25, -0.2) is 4.79 Å². The third kappa shape index (κ3) is 5.18. The van der Waals surface area contributed by atoms with E-state index in [2.05, 4.69) is 36.4 Å². The number of carbonyl (C=O) groups excluding carboxylic acids is 1. The lowest BCUT2D eigenvalue weighted by Crippen LogP contribution is -2.33. The molecule has 3 aromatic rings. The van der Waals surface area contributed by atoms with Crippen molar-refractivity contribution in [2.45, 2.75) is 20.8 Å². The van der Waals surface area contributed by atoms with Gasteiger partial charge in [0.25, 0.3) is 0 Å². The normalized spacial score (nSPS) is 12.6. The van der Waals surface area contributed by atoms with Crippen molar-refractivity contribution in [3.05, 3.63) is 114 Å². The van der Waals surface area contributed by atoms with Crippen LogP contribution in [0.4, 0.5) is 0 Å². The van der Waals surface area contributed by atoms with Crippen LogP contribution in [0, 0.1) is 0 Å². The summed E-state index contributed by atoms with van der Waals surface area (Å²) in [5.41, 5.74) is 0.236. The first-order chi connectivity index (χ1) is 16.1. The molecule has 0 aliphatic carbocycles. The van der Waals surface area contributed by atoms with Crippen molar-refractivity contribution in [1.29, 1.82) is 0 Å². The highest BCUT2D eigenvalue weighted by molar-refractivity contribution is 7.99. The van der Waals surface area contributed by atoms with Gasteiger partial charge in [-0.2, -0.15) is 0 Å². The first kappa shape index (κ1) is 24.3. The molecule has 0 bridgehead atoms. The van der Waals surface area contributed by atoms with Crippen LogP contribution in [-0.4, -0.2) is 19.2 Å². The molecule has 0 atom stereocenters. The van der Waals surface area contributed by atoms with Gasteiger partial charge in [0.05, 0.1) is 17.9 Å². The average molecular weight is 461 g/mol. The van der Waals surface area contributed by atoms with Gasteiger partial charge < -0.3 is 14.6 Å². The number of hydrogen-bond donors (Lipinski definition) is 0. The molecular formula is C28H29O4P. The minimum atomic E-state index is -2.51. The topological polar surface area (TPSA) is 58.6 Å². The summed E-state index contributed by atoms with van der Waals surface area (Å²) < 4.78 is 10.5. The van der Waals surface area contributed by atoms with Crippen molar-refractivity contribution in [3.63, 3.8) is 0 Å². The van der Waals surface area contributed by atoms with E-state index >= 15 is 0 Å². The fraction of sp³-hybridized carbons (Fsp3) is 0.179. The Bertz CT molecular complexity index is 1010. The Morgan fingerprint density at radius 2 is 1.15 bits per heavy atom. The minimum Gasteiger partial charge on any atom is -0.614 e. The van der Waals surface area contributed by atoms with E-state index in [0.717, 1.165) is 21.2 Å². The summed E-state index contributed by atoms with van der Waals surface area (Å²) in [6, 6.07) is 30.5. The van der Waals surface area contributed by atoms with E-state index < -0.39 is 19.2 Å². The van der Waals surface area contributed by atoms with E-state index in [1.54, 1.807) is 13.8 Å². The Morgan fingerprint density at radius 3 is 1.52 bits per heavy atom. The van der Waals surface area contributed by atoms with Gasteiger partial charge in [-0.05, 0) is 62.9 Å². The van der Waals surface area contributed by atoms with Crippen molar-refractivity contribution in [1.82, 2.24) is 0 Å². The lowest BCUT2D eigenvalue weighted by atomic mass is 10.2. The number of hydrogen-bond acceptors (Lipinski definition) is 4. The maximum Gasteiger partial charge on any atom is 0.341 e. The molecule has 0 aliphatic rings. The third-order valence-electron chi connectivity index (χ3n) is 5.37. The van der Waals surface area contributed by atoms with Gasteiger partial charge in [0.15, 0.2) is 0 Å². The van der Waals surface area contributed by atoms with Gasteiger partial charge in [0, 0.05) is 0 Å². The molecule has 3 aromatic carbocycles. The second kappa shape index (κ2) is 11.5. The van der Waals surface area contributed by atoms with Crippen LogP contribution in [0.25, 0.3) is 0 Å². The molecule has 0 amide bonds. The number of ether oxygens (including phenoxy) is 2. The van der Waals surface area contributed by atoms with E-state index in [4.69, 9.17) is 9.47 Å². The molecule has 170 valence electrons. The summed E-state index contributed by atoms with van der Waals surface area (Å²) >= 11 is 0. The molecule has 0 saturated carbocycles. The number of esters is 1. The fourth-order valence-electron chi connectivity index (χ4n) is 3.99. The van der Waals surface area contributed by atoms with Crippen LogP contribution in [0.3, 0.4) is 0 Å². The van der Waals surface area contributed by atoms with E-state index in [1.165, 1.54) is 6.08 Å². The van der Waals surface area contributed by atoms with Gasteiger partial charge in [0.2, 0.25) is 0 Å². The Labute approximate surface area is 196 Å². The van der Waals surface area contributed by atoms with E-state index in [9.17, 15) is 9.90 Å². The Hall–Kier alpha value is -3.36. The molecule has 33 heavy (non-hydrogen) atoms. The molecule has 4 nitrogen and oxygen atoms in total. The second-order valence-electron chi connectivity index (χ2n) is 7.29. The maximum atomic E-state index is 13.2. The molecule has 0 N–H and O–H groups in total. The van der Waals surface area contributed by atoms with Crippen molar-refractivity contribution in [2.24, 2.45) is 0 Å². The zero-order valence-corrected chi connectivity index (χ0v) is 20.1. The largest absolute Gasteiger partial charge is 0.614 e. The van der Waals surface area contributed by atoms with Crippen LogP contribution in [0.5, 0.6) is 0 Å². The first-order valence-electron chi connectivity index (χ1n) is 11.0. The van der Waals surface area contributed by atoms with E-state index in [0.29, 0.717) is 0 Å². The van der Waals surface area contributed by atoms with E-state index in [-0.39, 0.29) is 18.8 Å². The molecule has 0 fully saturated rings. The van der Waals surface area contributed by atoms with Crippen LogP contribution < -0.4 is 21.0 Å². The number of benzene rings is 3. The van der Waals surface area contributed by atoms with Crippen molar-refractivity contribution >= 4 is 29.1 Å². The predicted octanol–water partition coefficient (Wildman–Crippen LogP) is 4.06. The quantitative estimate of drug-likeness (QED) is 0.159. The minimum absolute atomic E-state index is 0.208. The highest BCUT2D eigenvalue weighted by Crippen LogP contribution is 2.63. The highest BCUT2D eigenvalue weighted by Gasteiger charge is 2.49. The average Bonchev–Trinajstić information content (AvgIpc) is 2.85. The SMILES string of the molecule is CCOC(=O)C(/C=C(\[O-])OCC)=C(/C)[P+](c1ccccc1)(c1ccccc1)c1ccccc1. The standard InChI is InChI=1S/C28H29O4P/c1-4-31-27(29)21-26(28(30)32-5-2)22(3)33(23-15-9-6-10-16-23,24-17-11-7-12-18-24)25-19-13-8-14-20-25/h6-21H,4-5H2,1-3H3/b26-22-,27-21+. The summed E-state index contributed by atoms with van der Waals surface area (Å²) in [7, 11) is -2.51. The lowest BCUT2D eigenvalue weighted by Gasteiger charge is -2.29. The van der Waals surface area contributed by atoms with Crippen LogP contribution in [0.15, 0.2) is 114 Å². The van der Waals surface area contributed by atoms with Gasteiger partial charge in [-0.1, -0.05) is 61.5 Å². The van der Waals surface area contributed by atoms with Crippen LogP contribution in [0.2, 0.25) is 0 Å². The molecule has 0 aromatic heterocycles. The van der Waals surface area contributed by atoms with E-state index in [1.807, 2.05) is 61.5 Å². The summed E-state index contributed by atoms with van der Waals surface area (Å²) in [4.78, 5) is 13.2. The molecule has 0 saturated heterocycles. The zero-order chi connectivity index (χ0) is 23.7. The van der Waals surface area contributed by atoms with Gasteiger partial charge in [0.1, 0.15) is 28.7 Å². The van der Waals surface area contributed by atoms with Crippen molar-refractivity contribution in [3.8, 4) is 0 Å². The van der Waals surface area contributed by atoms with Crippen LogP contribution in [0.1, 0.15) is 20.8 Å². The van der Waals surface area contributed by atoms with Crippen molar-refractivity contribution in [2.75, 3.05) is 13.2 Å². The summed E-state index contributed by atoms with van der Waals surface area (Å²) in [6.07, 6.45) is 1.28. The van der Waals surface area contributed by atoms with Gasteiger partial charge in [-0.3, -0.25) is 0 Å². The molecule has 0 spiro atoms. The van der Waals surface area contributed by atoms with Gasteiger partial charge in [-0.15, -0.1) is 0 Å². The smallest absolute Gasteiger partial charge is 0.341 e. The first-order valence-corrected chi connectivity index (χ1v) is 12.8. The van der Waals surface area contributed by atoms with Crippen LogP contribution in [-0.2, 0) is 14.3 Å².